The standard InChI is InChI=1S/C11H4ClFN2O2S/c12-10-9(5-16)18-11(15-10)17-8-3-1-2-7(13)6(8)4-14/h1-3,5H. The van der Waals surface area contributed by atoms with Crippen molar-refractivity contribution in [1.29, 1.82) is 5.26 Å². The van der Waals surface area contributed by atoms with E-state index in [-0.39, 0.29) is 26.5 Å². The van der Waals surface area contributed by atoms with Gasteiger partial charge in [-0.3, -0.25) is 4.79 Å². The zero-order valence-electron chi connectivity index (χ0n) is 8.68. The second kappa shape index (κ2) is 5.12. The number of rotatable bonds is 3. The molecule has 0 atom stereocenters. The molecule has 0 bridgehead atoms. The molecule has 90 valence electrons. The van der Waals surface area contributed by atoms with E-state index >= 15 is 0 Å². The van der Waals surface area contributed by atoms with Crippen LogP contribution in [-0.4, -0.2) is 11.3 Å². The minimum absolute atomic E-state index is 0.0138. The lowest BCUT2D eigenvalue weighted by molar-refractivity contribution is 0.112. The van der Waals surface area contributed by atoms with Gasteiger partial charge < -0.3 is 4.74 Å². The summed E-state index contributed by atoms with van der Waals surface area (Å²) in [7, 11) is 0. The molecule has 0 spiro atoms. The van der Waals surface area contributed by atoms with E-state index in [1.807, 2.05) is 0 Å². The Morgan fingerprint density at radius 2 is 2.33 bits per heavy atom. The van der Waals surface area contributed by atoms with Crippen LogP contribution in [0.1, 0.15) is 15.2 Å². The summed E-state index contributed by atoms with van der Waals surface area (Å²) in [5.41, 5.74) is -0.225. The number of hydrogen-bond acceptors (Lipinski definition) is 5. The minimum atomic E-state index is -0.687. The molecular weight excluding hydrogens is 279 g/mol. The third-order valence-electron chi connectivity index (χ3n) is 1.98. The number of thiazole rings is 1. The normalized spacial score (nSPS) is 9.83. The Morgan fingerprint density at radius 1 is 1.56 bits per heavy atom. The van der Waals surface area contributed by atoms with Crippen molar-refractivity contribution in [3.05, 3.63) is 39.6 Å². The molecule has 2 aromatic rings. The highest BCUT2D eigenvalue weighted by molar-refractivity contribution is 7.15. The molecular formula is C11H4ClFN2O2S. The number of ether oxygens (including phenoxy) is 1. The predicted molar refractivity (Wildman–Crippen MR) is 63.7 cm³/mol. The van der Waals surface area contributed by atoms with Crippen LogP contribution in [0.5, 0.6) is 10.9 Å². The summed E-state index contributed by atoms with van der Waals surface area (Å²) >= 11 is 6.58. The van der Waals surface area contributed by atoms with E-state index in [1.54, 1.807) is 6.07 Å². The first-order chi connectivity index (χ1) is 8.65. The molecule has 0 N–H and O–H groups in total. The van der Waals surface area contributed by atoms with Gasteiger partial charge in [-0.2, -0.15) is 10.2 Å². The fourth-order valence-corrected chi connectivity index (χ4v) is 2.12. The average molecular weight is 283 g/mol. The number of aldehydes is 1. The largest absolute Gasteiger partial charge is 0.429 e. The molecule has 18 heavy (non-hydrogen) atoms. The minimum Gasteiger partial charge on any atom is -0.429 e. The lowest BCUT2D eigenvalue weighted by Gasteiger charge is -2.03. The number of halogens is 2. The van der Waals surface area contributed by atoms with E-state index in [0.29, 0.717) is 6.29 Å². The number of nitrogens with zero attached hydrogens (tertiary/aromatic N) is 2. The maximum atomic E-state index is 13.3. The van der Waals surface area contributed by atoms with Gasteiger partial charge in [0.25, 0.3) is 5.19 Å². The van der Waals surface area contributed by atoms with E-state index < -0.39 is 5.82 Å². The molecule has 7 heteroatoms. The molecule has 2 rings (SSSR count). The number of aromatic nitrogens is 1. The molecule has 1 aromatic heterocycles. The van der Waals surface area contributed by atoms with Crippen molar-refractivity contribution in [3.8, 4) is 17.0 Å². The first kappa shape index (κ1) is 12.5. The summed E-state index contributed by atoms with van der Waals surface area (Å²) < 4.78 is 18.5. The second-order valence-electron chi connectivity index (χ2n) is 3.08. The van der Waals surface area contributed by atoms with Crippen molar-refractivity contribution in [2.45, 2.75) is 0 Å². The van der Waals surface area contributed by atoms with Gasteiger partial charge in [0.15, 0.2) is 17.2 Å². The monoisotopic (exact) mass is 282 g/mol. The average Bonchev–Trinajstić information content (AvgIpc) is 2.70. The molecule has 1 aromatic carbocycles. The Kier molecular flexibility index (Phi) is 3.55. The van der Waals surface area contributed by atoms with Crippen molar-refractivity contribution in [3.63, 3.8) is 0 Å². The van der Waals surface area contributed by atoms with Crippen LogP contribution in [0.3, 0.4) is 0 Å². The highest BCUT2D eigenvalue weighted by Crippen LogP contribution is 2.32. The zero-order valence-corrected chi connectivity index (χ0v) is 10.3. The lowest BCUT2D eigenvalue weighted by atomic mass is 10.2. The molecule has 0 saturated heterocycles. The maximum absolute atomic E-state index is 13.3. The molecule has 0 saturated carbocycles. The van der Waals surface area contributed by atoms with Gasteiger partial charge in [0.2, 0.25) is 0 Å². The molecule has 0 aliphatic heterocycles. The van der Waals surface area contributed by atoms with Crippen molar-refractivity contribution in [2.24, 2.45) is 0 Å². The Balaban J connectivity index is 2.37. The first-order valence-corrected chi connectivity index (χ1v) is 5.83. The van der Waals surface area contributed by atoms with E-state index in [0.717, 1.165) is 17.4 Å². The van der Waals surface area contributed by atoms with Gasteiger partial charge in [-0.15, -0.1) is 0 Å². The van der Waals surface area contributed by atoms with Crippen molar-refractivity contribution in [2.75, 3.05) is 0 Å². The summed E-state index contributed by atoms with van der Waals surface area (Å²) in [6, 6.07) is 5.68. The second-order valence-corrected chi connectivity index (χ2v) is 4.43. The summed E-state index contributed by atoms with van der Waals surface area (Å²) in [6.45, 7) is 0. The molecule has 1 heterocycles. The van der Waals surface area contributed by atoms with Gasteiger partial charge in [0, 0.05) is 0 Å². The smallest absolute Gasteiger partial charge is 0.280 e. The topological polar surface area (TPSA) is 63.0 Å². The van der Waals surface area contributed by atoms with Gasteiger partial charge in [0.05, 0.1) is 0 Å². The van der Waals surface area contributed by atoms with Crippen LogP contribution >= 0.6 is 22.9 Å². The molecule has 0 fully saturated rings. The third-order valence-corrected chi connectivity index (χ3v) is 3.24. The molecule has 0 amide bonds. The fraction of sp³-hybridized carbons (Fsp3) is 0. The van der Waals surface area contributed by atoms with E-state index in [2.05, 4.69) is 4.98 Å². The number of benzene rings is 1. The molecule has 4 nitrogen and oxygen atoms in total. The number of carbonyl (C=O) groups excluding carboxylic acids is 1. The van der Waals surface area contributed by atoms with E-state index in [9.17, 15) is 9.18 Å². The Morgan fingerprint density at radius 3 is 2.94 bits per heavy atom. The van der Waals surface area contributed by atoms with Gasteiger partial charge in [0.1, 0.15) is 22.3 Å². The Bertz CT molecular complexity index is 651. The first-order valence-electron chi connectivity index (χ1n) is 4.63. The van der Waals surface area contributed by atoms with Gasteiger partial charge in [-0.05, 0) is 12.1 Å². The van der Waals surface area contributed by atoms with Crippen LogP contribution in [0.25, 0.3) is 0 Å². The molecule has 0 aliphatic carbocycles. The van der Waals surface area contributed by atoms with Crippen molar-refractivity contribution < 1.29 is 13.9 Å². The van der Waals surface area contributed by atoms with Crippen LogP contribution < -0.4 is 4.74 Å². The van der Waals surface area contributed by atoms with Crippen LogP contribution in [0, 0.1) is 17.1 Å². The zero-order chi connectivity index (χ0) is 13.1. The van der Waals surface area contributed by atoms with E-state index in [4.69, 9.17) is 21.6 Å². The van der Waals surface area contributed by atoms with Gasteiger partial charge in [-0.25, -0.2) is 4.39 Å². The molecule has 0 unspecified atom stereocenters. The summed E-state index contributed by atoms with van der Waals surface area (Å²) in [6.07, 6.45) is 0.545. The molecule has 0 radical (unpaired) electrons. The molecule has 0 aliphatic rings. The number of nitriles is 1. The SMILES string of the molecule is N#Cc1c(F)cccc1Oc1nc(Cl)c(C=O)s1. The van der Waals surface area contributed by atoms with Crippen molar-refractivity contribution >= 4 is 29.2 Å². The summed E-state index contributed by atoms with van der Waals surface area (Å²) in [5.74, 6) is -0.659. The van der Waals surface area contributed by atoms with Crippen LogP contribution in [0.2, 0.25) is 5.15 Å². The third kappa shape index (κ3) is 2.32. The Labute approximate surface area is 110 Å². The maximum Gasteiger partial charge on any atom is 0.280 e. The van der Waals surface area contributed by atoms with Crippen LogP contribution in [-0.2, 0) is 0 Å². The van der Waals surface area contributed by atoms with Crippen LogP contribution in [0.15, 0.2) is 18.2 Å². The fourth-order valence-electron chi connectivity index (χ4n) is 1.20. The lowest BCUT2D eigenvalue weighted by Crippen LogP contribution is -1.90. The predicted octanol–water partition coefficient (Wildman–Crippen LogP) is 3.41. The number of hydrogen-bond donors (Lipinski definition) is 0. The summed E-state index contributed by atoms with van der Waals surface area (Å²) in [5, 5.41) is 8.90. The van der Waals surface area contributed by atoms with E-state index in [1.165, 1.54) is 12.1 Å². The van der Waals surface area contributed by atoms with Gasteiger partial charge in [-0.1, -0.05) is 29.0 Å². The number of carbonyl (C=O) groups is 1. The highest BCUT2D eigenvalue weighted by Gasteiger charge is 2.14. The quantitative estimate of drug-likeness (QED) is 0.809. The Hall–Kier alpha value is -1.97. The van der Waals surface area contributed by atoms with Crippen LogP contribution in [0.4, 0.5) is 4.39 Å². The van der Waals surface area contributed by atoms with Crippen molar-refractivity contribution in [1.82, 2.24) is 4.98 Å². The summed E-state index contributed by atoms with van der Waals surface area (Å²) in [4.78, 5) is 14.6. The van der Waals surface area contributed by atoms with Gasteiger partial charge >= 0.3 is 0 Å². The highest BCUT2D eigenvalue weighted by atomic mass is 35.5.